The summed E-state index contributed by atoms with van der Waals surface area (Å²) in [6.45, 7) is 1.86. The first kappa shape index (κ1) is 13.0. The van der Waals surface area contributed by atoms with E-state index in [9.17, 15) is 9.18 Å². The maximum absolute atomic E-state index is 13.8. The van der Waals surface area contributed by atoms with Crippen LogP contribution in [0.2, 0.25) is 0 Å². The average molecular weight is 251 g/mol. The number of esters is 1. The van der Waals surface area contributed by atoms with E-state index in [2.05, 4.69) is 0 Å². The van der Waals surface area contributed by atoms with Crippen LogP contribution in [0.25, 0.3) is 0 Å². The highest BCUT2D eigenvalue weighted by Crippen LogP contribution is 2.44. The third kappa shape index (κ3) is 1.90. The Hall–Kier alpha value is -1.42. The van der Waals surface area contributed by atoms with E-state index in [4.69, 9.17) is 10.5 Å². The van der Waals surface area contributed by atoms with E-state index in [0.29, 0.717) is 18.4 Å². The fourth-order valence-electron chi connectivity index (χ4n) is 2.91. The van der Waals surface area contributed by atoms with E-state index < -0.39 is 5.41 Å². The molecule has 2 unspecified atom stereocenters. The molecule has 1 aromatic carbocycles. The Morgan fingerprint density at radius 1 is 1.61 bits per heavy atom. The summed E-state index contributed by atoms with van der Waals surface area (Å²) in [6.07, 6.45) is 1.52. The summed E-state index contributed by atoms with van der Waals surface area (Å²) in [5.41, 5.74) is 7.13. The van der Waals surface area contributed by atoms with Gasteiger partial charge >= 0.3 is 5.97 Å². The minimum atomic E-state index is -0.496. The lowest BCUT2D eigenvalue weighted by molar-refractivity contribution is -0.142. The van der Waals surface area contributed by atoms with E-state index in [1.165, 1.54) is 13.2 Å². The van der Waals surface area contributed by atoms with Gasteiger partial charge in [-0.25, -0.2) is 4.39 Å². The second-order valence-corrected chi connectivity index (χ2v) is 4.96. The number of rotatable bonds is 3. The van der Waals surface area contributed by atoms with E-state index >= 15 is 0 Å². The van der Waals surface area contributed by atoms with Crippen molar-refractivity contribution < 1.29 is 13.9 Å². The van der Waals surface area contributed by atoms with Gasteiger partial charge in [0.2, 0.25) is 0 Å². The molecule has 0 aromatic heterocycles. The number of methoxy groups -OCH3 is 1. The van der Waals surface area contributed by atoms with E-state index in [1.54, 1.807) is 6.07 Å². The number of nitrogens with two attached hydrogens (primary N) is 1. The van der Waals surface area contributed by atoms with Crippen molar-refractivity contribution in [1.82, 2.24) is 0 Å². The Labute approximate surface area is 106 Å². The summed E-state index contributed by atoms with van der Waals surface area (Å²) in [7, 11) is 1.36. The van der Waals surface area contributed by atoms with Gasteiger partial charge in [-0.1, -0.05) is 12.1 Å². The van der Waals surface area contributed by atoms with Gasteiger partial charge in [0.25, 0.3) is 0 Å². The summed E-state index contributed by atoms with van der Waals surface area (Å²) in [5, 5.41) is 0. The molecule has 0 heterocycles. The number of ether oxygens (including phenoxy) is 1. The SMILES string of the molecule is COC(=O)CC1(C(C)N)CCc2c(F)cccc21. The zero-order valence-electron chi connectivity index (χ0n) is 10.7. The van der Waals surface area contributed by atoms with Gasteiger partial charge in [0.05, 0.1) is 13.5 Å². The van der Waals surface area contributed by atoms with Crippen molar-refractivity contribution in [3.63, 3.8) is 0 Å². The molecule has 3 nitrogen and oxygen atoms in total. The number of fused-ring (bicyclic) bond motifs is 1. The van der Waals surface area contributed by atoms with E-state index in [1.807, 2.05) is 13.0 Å². The number of halogens is 1. The standard InChI is InChI=1S/C14H18FNO2/c1-9(16)14(8-13(17)18-2)7-6-10-11(14)4-3-5-12(10)15/h3-5,9H,6-8,16H2,1-2H3. The third-order valence-corrected chi connectivity index (χ3v) is 4.04. The van der Waals surface area contributed by atoms with Gasteiger partial charge in [0.15, 0.2) is 0 Å². The number of benzene rings is 1. The zero-order valence-corrected chi connectivity index (χ0v) is 10.7. The van der Waals surface area contributed by atoms with Crippen molar-refractivity contribution in [2.24, 2.45) is 5.73 Å². The van der Waals surface area contributed by atoms with Crippen molar-refractivity contribution in [2.45, 2.75) is 37.6 Å². The van der Waals surface area contributed by atoms with Gasteiger partial charge in [-0.15, -0.1) is 0 Å². The highest BCUT2D eigenvalue weighted by atomic mass is 19.1. The Balaban J connectivity index is 2.47. The fraction of sp³-hybridized carbons (Fsp3) is 0.500. The summed E-state index contributed by atoms with van der Waals surface area (Å²) in [6, 6.07) is 4.78. The van der Waals surface area contributed by atoms with Crippen LogP contribution in [0.5, 0.6) is 0 Å². The topological polar surface area (TPSA) is 52.3 Å². The predicted molar refractivity (Wildman–Crippen MR) is 66.7 cm³/mol. The second-order valence-electron chi connectivity index (χ2n) is 4.96. The van der Waals surface area contributed by atoms with Gasteiger partial charge in [-0.3, -0.25) is 4.79 Å². The lowest BCUT2D eigenvalue weighted by atomic mass is 9.73. The zero-order chi connectivity index (χ0) is 13.3. The molecule has 2 atom stereocenters. The van der Waals surface area contributed by atoms with Crippen LogP contribution in [-0.2, 0) is 21.4 Å². The Kier molecular flexibility index (Phi) is 3.39. The van der Waals surface area contributed by atoms with Gasteiger partial charge in [0, 0.05) is 11.5 Å². The minimum Gasteiger partial charge on any atom is -0.469 e. The predicted octanol–water partition coefficient (Wildman–Crippen LogP) is 1.92. The van der Waals surface area contributed by atoms with Crippen molar-refractivity contribution in [3.05, 3.63) is 35.1 Å². The van der Waals surface area contributed by atoms with Crippen LogP contribution in [0, 0.1) is 5.82 Å². The molecular weight excluding hydrogens is 233 g/mol. The van der Waals surface area contributed by atoms with Gasteiger partial charge in [-0.2, -0.15) is 0 Å². The van der Waals surface area contributed by atoms with Gasteiger partial charge in [-0.05, 0) is 37.0 Å². The maximum Gasteiger partial charge on any atom is 0.306 e. The Morgan fingerprint density at radius 3 is 2.94 bits per heavy atom. The van der Waals surface area contributed by atoms with Crippen LogP contribution in [-0.4, -0.2) is 19.1 Å². The molecule has 0 saturated carbocycles. The van der Waals surface area contributed by atoms with Crippen LogP contribution < -0.4 is 5.73 Å². The number of carbonyl (C=O) groups is 1. The molecule has 0 aliphatic heterocycles. The fourth-order valence-corrected chi connectivity index (χ4v) is 2.91. The molecule has 0 radical (unpaired) electrons. The maximum atomic E-state index is 13.8. The highest BCUT2D eigenvalue weighted by Gasteiger charge is 2.44. The first-order chi connectivity index (χ1) is 8.51. The molecule has 1 aliphatic rings. The van der Waals surface area contributed by atoms with E-state index in [-0.39, 0.29) is 24.2 Å². The van der Waals surface area contributed by atoms with Gasteiger partial charge < -0.3 is 10.5 Å². The first-order valence-corrected chi connectivity index (χ1v) is 6.11. The van der Waals surface area contributed by atoms with E-state index in [0.717, 1.165) is 5.56 Å². The Bertz CT molecular complexity index is 473. The average Bonchev–Trinajstić information content (AvgIpc) is 2.71. The summed E-state index contributed by atoms with van der Waals surface area (Å²) < 4.78 is 18.5. The normalized spacial score (nSPS) is 23.6. The van der Waals surface area contributed by atoms with Crippen molar-refractivity contribution >= 4 is 5.97 Å². The molecule has 1 aliphatic carbocycles. The van der Waals surface area contributed by atoms with Crippen molar-refractivity contribution in [3.8, 4) is 0 Å². The van der Waals surface area contributed by atoms with Crippen LogP contribution >= 0.6 is 0 Å². The number of hydrogen-bond acceptors (Lipinski definition) is 3. The Morgan fingerprint density at radius 2 is 2.33 bits per heavy atom. The molecule has 98 valence electrons. The monoisotopic (exact) mass is 251 g/mol. The molecule has 0 spiro atoms. The number of carbonyl (C=O) groups excluding carboxylic acids is 1. The van der Waals surface area contributed by atoms with Crippen LogP contribution in [0.1, 0.15) is 30.9 Å². The quantitative estimate of drug-likeness (QED) is 0.835. The van der Waals surface area contributed by atoms with Crippen molar-refractivity contribution in [1.29, 1.82) is 0 Å². The molecule has 18 heavy (non-hydrogen) atoms. The van der Waals surface area contributed by atoms with Crippen LogP contribution in [0.3, 0.4) is 0 Å². The molecule has 4 heteroatoms. The lowest BCUT2D eigenvalue weighted by Gasteiger charge is -2.33. The molecule has 0 fully saturated rings. The summed E-state index contributed by atoms with van der Waals surface area (Å²) in [5.74, 6) is -0.510. The molecule has 1 aromatic rings. The largest absolute Gasteiger partial charge is 0.469 e. The third-order valence-electron chi connectivity index (χ3n) is 4.04. The molecule has 2 N–H and O–H groups in total. The molecule has 0 saturated heterocycles. The molecular formula is C14H18FNO2. The molecule has 0 bridgehead atoms. The second kappa shape index (κ2) is 4.69. The molecule has 2 rings (SSSR count). The highest BCUT2D eigenvalue weighted by molar-refractivity contribution is 5.72. The van der Waals surface area contributed by atoms with Gasteiger partial charge in [0.1, 0.15) is 5.82 Å². The first-order valence-electron chi connectivity index (χ1n) is 6.11. The smallest absolute Gasteiger partial charge is 0.306 e. The van der Waals surface area contributed by atoms with Crippen molar-refractivity contribution in [2.75, 3.05) is 7.11 Å². The summed E-state index contributed by atoms with van der Waals surface area (Å²) in [4.78, 5) is 11.6. The minimum absolute atomic E-state index is 0.206. The lowest BCUT2D eigenvalue weighted by Crippen LogP contribution is -2.43. The van der Waals surface area contributed by atoms with Crippen LogP contribution in [0.15, 0.2) is 18.2 Å². The van der Waals surface area contributed by atoms with Crippen LogP contribution in [0.4, 0.5) is 4.39 Å². The summed E-state index contributed by atoms with van der Waals surface area (Å²) >= 11 is 0. The number of hydrogen-bond donors (Lipinski definition) is 1. The molecule has 0 amide bonds.